The molecule has 0 rings (SSSR count). The Hall–Kier alpha value is -0.920. The summed E-state index contributed by atoms with van der Waals surface area (Å²) in [6.07, 6.45) is 1.73. The summed E-state index contributed by atoms with van der Waals surface area (Å²) in [5.74, 6) is 0.895. The summed E-state index contributed by atoms with van der Waals surface area (Å²) < 4.78 is 0. The molecule has 0 aliphatic rings. The Morgan fingerprint density at radius 2 is 1.69 bits per heavy atom. The van der Waals surface area contributed by atoms with E-state index in [0.717, 1.165) is 11.4 Å². The SMILES string of the molecule is C=N/C=C(\N=C(/C)C(C)C)C(C)C. The molecule has 0 amide bonds. The maximum Gasteiger partial charge on any atom is 0.0610 e. The van der Waals surface area contributed by atoms with E-state index < -0.39 is 0 Å². The van der Waals surface area contributed by atoms with Crippen molar-refractivity contribution in [2.75, 3.05) is 0 Å². The number of hydrogen-bond acceptors (Lipinski definition) is 2. The van der Waals surface area contributed by atoms with Crippen molar-refractivity contribution >= 4 is 12.4 Å². The molecule has 0 radical (unpaired) electrons. The van der Waals surface area contributed by atoms with Gasteiger partial charge in [-0.05, 0) is 25.5 Å². The van der Waals surface area contributed by atoms with Crippen LogP contribution in [0.4, 0.5) is 0 Å². The lowest BCUT2D eigenvalue weighted by Gasteiger charge is -2.08. The van der Waals surface area contributed by atoms with Crippen molar-refractivity contribution in [1.29, 1.82) is 0 Å². The highest BCUT2D eigenvalue weighted by atomic mass is 14.8. The maximum absolute atomic E-state index is 4.51. The summed E-state index contributed by atoms with van der Waals surface area (Å²) in [4.78, 5) is 8.26. The summed E-state index contributed by atoms with van der Waals surface area (Å²) in [6, 6.07) is 0. The van der Waals surface area contributed by atoms with Gasteiger partial charge >= 0.3 is 0 Å². The second kappa shape index (κ2) is 5.68. The fraction of sp³-hybridized carbons (Fsp3) is 0.636. The van der Waals surface area contributed by atoms with E-state index in [2.05, 4.69) is 44.4 Å². The van der Waals surface area contributed by atoms with Crippen molar-refractivity contribution < 1.29 is 0 Å². The van der Waals surface area contributed by atoms with Crippen LogP contribution in [0.3, 0.4) is 0 Å². The molecule has 0 bridgehead atoms. The van der Waals surface area contributed by atoms with Crippen molar-refractivity contribution in [3.05, 3.63) is 11.9 Å². The van der Waals surface area contributed by atoms with Gasteiger partial charge in [0.05, 0.1) is 5.70 Å². The first-order valence-electron chi connectivity index (χ1n) is 4.70. The second-order valence-corrected chi connectivity index (χ2v) is 3.80. The van der Waals surface area contributed by atoms with Crippen LogP contribution in [0.2, 0.25) is 0 Å². The van der Waals surface area contributed by atoms with Crippen LogP contribution >= 0.6 is 0 Å². The molecule has 0 aromatic rings. The summed E-state index contributed by atoms with van der Waals surface area (Å²) in [7, 11) is 0. The quantitative estimate of drug-likeness (QED) is 0.593. The molecule has 0 saturated carbocycles. The molecule has 74 valence electrons. The normalized spacial score (nSPS) is 14.1. The zero-order valence-electron chi connectivity index (χ0n) is 9.33. The standard InChI is InChI=1S/C11H20N2/c1-8(2)10(5)13-11(7-12-6)9(3)4/h7-9H,6H2,1-5H3/b11-7-,13-10+. The van der Waals surface area contributed by atoms with Crippen LogP contribution in [0.1, 0.15) is 34.6 Å². The monoisotopic (exact) mass is 180 g/mol. The third kappa shape index (κ3) is 4.61. The molecule has 0 spiro atoms. The van der Waals surface area contributed by atoms with Crippen LogP contribution < -0.4 is 0 Å². The second-order valence-electron chi connectivity index (χ2n) is 3.80. The van der Waals surface area contributed by atoms with Gasteiger partial charge < -0.3 is 0 Å². The van der Waals surface area contributed by atoms with E-state index in [1.807, 2.05) is 6.92 Å². The minimum Gasteiger partial charge on any atom is -0.271 e. The largest absolute Gasteiger partial charge is 0.271 e. The van der Waals surface area contributed by atoms with Gasteiger partial charge in [-0.15, -0.1) is 0 Å². The van der Waals surface area contributed by atoms with Gasteiger partial charge in [0.25, 0.3) is 0 Å². The Labute approximate surface area is 81.5 Å². The molecule has 0 aromatic heterocycles. The lowest BCUT2D eigenvalue weighted by atomic mass is 10.1. The molecular weight excluding hydrogens is 160 g/mol. The molecule has 2 nitrogen and oxygen atoms in total. The summed E-state index contributed by atoms with van der Waals surface area (Å²) in [5.41, 5.74) is 2.14. The van der Waals surface area contributed by atoms with Gasteiger partial charge in [-0.3, -0.25) is 9.98 Å². The average molecular weight is 180 g/mol. The minimum absolute atomic E-state index is 0.402. The van der Waals surface area contributed by atoms with Crippen LogP contribution in [0.25, 0.3) is 0 Å². The molecule has 0 aromatic carbocycles. The molecule has 0 N–H and O–H groups in total. The fourth-order valence-electron chi connectivity index (χ4n) is 0.733. The molecule has 0 aliphatic carbocycles. The maximum atomic E-state index is 4.51. The predicted molar refractivity (Wildman–Crippen MR) is 60.4 cm³/mol. The number of rotatable bonds is 4. The van der Waals surface area contributed by atoms with Crippen LogP contribution in [-0.4, -0.2) is 12.4 Å². The van der Waals surface area contributed by atoms with Gasteiger partial charge in [0.2, 0.25) is 0 Å². The molecule has 0 aliphatic heterocycles. The first-order chi connectivity index (χ1) is 5.99. The molecule has 0 saturated heterocycles. The molecule has 0 atom stereocenters. The zero-order chi connectivity index (χ0) is 10.4. The minimum atomic E-state index is 0.402. The number of nitrogens with zero attached hydrogens (tertiary/aromatic N) is 2. The van der Waals surface area contributed by atoms with Crippen LogP contribution in [-0.2, 0) is 0 Å². The van der Waals surface area contributed by atoms with Gasteiger partial charge in [0, 0.05) is 11.9 Å². The fourth-order valence-corrected chi connectivity index (χ4v) is 0.733. The summed E-state index contributed by atoms with van der Waals surface area (Å²) in [6.45, 7) is 14.0. The molecule has 13 heavy (non-hydrogen) atoms. The van der Waals surface area contributed by atoms with Crippen LogP contribution in [0, 0.1) is 11.8 Å². The van der Waals surface area contributed by atoms with Crippen LogP contribution in [0.15, 0.2) is 21.9 Å². The molecule has 2 heteroatoms. The van der Waals surface area contributed by atoms with Crippen molar-refractivity contribution in [3.8, 4) is 0 Å². The van der Waals surface area contributed by atoms with E-state index in [9.17, 15) is 0 Å². The third-order valence-corrected chi connectivity index (χ3v) is 1.96. The van der Waals surface area contributed by atoms with E-state index in [4.69, 9.17) is 0 Å². The number of aliphatic imine (C=N–C) groups is 2. The van der Waals surface area contributed by atoms with Crippen molar-refractivity contribution in [2.24, 2.45) is 21.8 Å². The lowest BCUT2D eigenvalue weighted by Crippen LogP contribution is -2.04. The van der Waals surface area contributed by atoms with Gasteiger partial charge in [-0.25, -0.2) is 0 Å². The summed E-state index contributed by atoms with van der Waals surface area (Å²) in [5, 5.41) is 0. The highest BCUT2D eigenvalue weighted by molar-refractivity contribution is 5.84. The Bertz CT molecular complexity index is 222. The Morgan fingerprint density at radius 3 is 2.00 bits per heavy atom. The van der Waals surface area contributed by atoms with E-state index in [0.29, 0.717) is 11.8 Å². The van der Waals surface area contributed by atoms with E-state index >= 15 is 0 Å². The third-order valence-electron chi connectivity index (χ3n) is 1.96. The lowest BCUT2D eigenvalue weighted by molar-refractivity contribution is 0.747. The summed E-state index contributed by atoms with van der Waals surface area (Å²) >= 11 is 0. The molecule has 0 fully saturated rings. The number of allylic oxidation sites excluding steroid dienone is 1. The van der Waals surface area contributed by atoms with Gasteiger partial charge in [0.1, 0.15) is 0 Å². The van der Waals surface area contributed by atoms with Crippen LogP contribution in [0.5, 0.6) is 0 Å². The van der Waals surface area contributed by atoms with E-state index in [-0.39, 0.29) is 0 Å². The first-order valence-corrected chi connectivity index (χ1v) is 4.70. The zero-order valence-corrected chi connectivity index (χ0v) is 9.33. The topological polar surface area (TPSA) is 24.7 Å². The van der Waals surface area contributed by atoms with Gasteiger partial charge in [-0.2, -0.15) is 0 Å². The van der Waals surface area contributed by atoms with E-state index in [1.165, 1.54) is 0 Å². The van der Waals surface area contributed by atoms with Gasteiger partial charge in [0.15, 0.2) is 0 Å². The Morgan fingerprint density at radius 1 is 1.15 bits per heavy atom. The molecule has 0 unspecified atom stereocenters. The highest BCUT2D eigenvalue weighted by Gasteiger charge is 2.03. The van der Waals surface area contributed by atoms with Crippen molar-refractivity contribution in [2.45, 2.75) is 34.6 Å². The molecular formula is C11H20N2. The number of hydrogen-bond donors (Lipinski definition) is 0. The van der Waals surface area contributed by atoms with Crippen molar-refractivity contribution in [3.63, 3.8) is 0 Å². The smallest absolute Gasteiger partial charge is 0.0610 e. The Balaban J connectivity index is 4.70. The Kier molecular flexibility index (Phi) is 5.28. The molecule has 0 heterocycles. The highest BCUT2D eigenvalue weighted by Crippen LogP contribution is 2.13. The predicted octanol–water partition coefficient (Wildman–Crippen LogP) is 3.30. The van der Waals surface area contributed by atoms with E-state index in [1.54, 1.807) is 6.20 Å². The average Bonchev–Trinajstić information content (AvgIpc) is 2.03. The van der Waals surface area contributed by atoms with Gasteiger partial charge in [-0.1, -0.05) is 27.7 Å². The van der Waals surface area contributed by atoms with Crippen molar-refractivity contribution in [1.82, 2.24) is 0 Å². The first kappa shape index (κ1) is 12.1.